The summed E-state index contributed by atoms with van der Waals surface area (Å²) in [7, 11) is 0. The number of carbonyl (C=O) groups is 1. The molecular weight excluding hydrogens is 216 g/mol. The zero-order valence-electron chi connectivity index (χ0n) is 10.1. The molecule has 1 aromatic rings. The van der Waals surface area contributed by atoms with Crippen molar-refractivity contribution in [2.75, 3.05) is 19.6 Å². The Labute approximate surface area is 101 Å². The number of nitrogens with two attached hydrogens (primary N) is 1. The number of carbonyl (C=O) groups excluding carboxylic acids is 1. The minimum absolute atomic E-state index is 0.128. The maximum Gasteiger partial charge on any atom is 0.135 e. The molecule has 1 atom stereocenters. The van der Waals surface area contributed by atoms with Crippen LogP contribution in [0.15, 0.2) is 12.4 Å². The zero-order valence-corrected chi connectivity index (χ0v) is 10.1. The van der Waals surface area contributed by atoms with Crippen molar-refractivity contribution in [2.24, 2.45) is 5.73 Å². The van der Waals surface area contributed by atoms with Crippen molar-refractivity contribution in [3.63, 3.8) is 0 Å². The Hall–Kier alpha value is -1.33. The maximum absolute atomic E-state index is 11.2. The topological polar surface area (TPSA) is 72.1 Å². The third kappa shape index (κ3) is 2.87. The van der Waals surface area contributed by atoms with Crippen molar-refractivity contribution in [3.8, 4) is 0 Å². The minimum Gasteiger partial charge on any atom is -0.329 e. The van der Waals surface area contributed by atoms with Crippen molar-refractivity contribution < 1.29 is 4.79 Å². The van der Waals surface area contributed by atoms with Gasteiger partial charge in [0.2, 0.25) is 0 Å². The number of Topliss-reactive ketones (excluding diaryl/α,β-unsaturated/α-hetero) is 1. The molecule has 2 heterocycles. The lowest BCUT2D eigenvalue weighted by atomic mass is 10.0. The summed E-state index contributed by atoms with van der Waals surface area (Å²) in [5.41, 5.74) is 6.86. The van der Waals surface area contributed by atoms with E-state index in [1.807, 2.05) is 19.3 Å². The van der Waals surface area contributed by atoms with Gasteiger partial charge in [-0.1, -0.05) is 0 Å². The van der Waals surface area contributed by atoms with E-state index >= 15 is 0 Å². The second-order valence-electron chi connectivity index (χ2n) is 4.39. The Morgan fingerprint density at radius 2 is 1.94 bits per heavy atom. The molecule has 1 aromatic heterocycles. The Balaban J connectivity index is 2.10. The second kappa shape index (κ2) is 5.33. The number of nitrogens with zero attached hydrogens (tertiary/aromatic N) is 3. The van der Waals surface area contributed by atoms with Gasteiger partial charge in [0, 0.05) is 50.4 Å². The lowest BCUT2D eigenvalue weighted by molar-refractivity contribution is -0.121. The van der Waals surface area contributed by atoms with E-state index in [0.717, 1.165) is 24.5 Å². The Bertz CT molecular complexity index is 380. The molecule has 0 bridgehead atoms. The Kier molecular flexibility index (Phi) is 3.81. The van der Waals surface area contributed by atoms with Gasteiger partial charge in [-0.3, -0.25) is 9.69 Å². The van der Waals surface area contributed by atoms with E-state index in [1.54, 1.807) is 0 Å². The van der Waals surface area contributed by atoms with Crippen molar-refractivity contribution in [1.29, 1.82) is 0 Å². The lowest BCUT2D eigenvalue weighted by Crippen LogP contribution is -2.40. The molecule has 0 saturated carbocycles. The summed E-state index contributed by atoms with van der Waals surface area (Å²) in [6.07, 6.45) is 4.92. The summed E-state index contributed by atoms with van der Waals surface area (Å²) in [6.45, 7) is 3.96. The van der Waals surface area contributed by atoms with Crippen LogP contribution in [0, 0.1) is 6.92 Å². The summed E-state index contributed by atoms with van der Waals surface area (Å²) in [4.78, 5) is 21.9. The van der Waals surface area contributed by atoms with Crippen molar-refractivity contribution in [3.05, 3.63) is 23.8 Å². The van der Waals surface area contributed by atoms with E-state index in [0.29, 0.717) is 25.2 Å². The summed E-state index contributed by atoms with van der Waals surface area (Å²) >= 11 is 0. The summed E-state index contributed by atoms with van der Waals surface area (Å²) in [5, 5.41) is 0. The molecule has 1 aliphatic rings. The molecular formula is C12H18N4O. The van der Waals surface area contributed by atoms with E-state index < -0.39 is 0 Å². The van der Waals surface area contributed by atoms with Crippen LogP contribution in [0.1, 0.15) is 30.3 Å². The van der Waals surface area contributed by atoms with Gasteiger partial charge in [-0.2, -0.15) is 0 Å². The van der Waals surface area contributed by atoms with Crippen LogP contribution in [-0.4, -0.2) is 40.3 Å². The van der Waals surface area contributed by atoms with Crippen LogP contribution in [0.2, 0.25) is 0 Å². The molecule has 0 spiro atoms. The fourth-order valence-electron chi connectivity index (χ4n) is 2.16. The van der Waals surface area contributed by atoms with Crippen molar-refractivity contribution >= 4 is 5.78 Å². The average molecular weight is 234 g/mol. The molecule has 2 N–H and O–H groups in total. The first-order valence-electron chi connectivity index (χ1n) is 5.95. The monoisotopic (exact) mass is 234 g/mol. The molecule has 1 unspecified atom stereocenters. The Morgan fingerprint density at radius 1 is 1.35 bits per heavy atom. The standard InChI is InChI=1S/C12H18N4O/c1-9-14-7-10(8-15-9)12(6-13)16-4-2-11(17)3-5-16/h7-8,12H,2-6,13H2,1H3. The predicted molar refractivity (Wildman–Crippen MR) is 64.4 cm³/mol. The van der Waals surface area contributed by atoms with E-state index in [2.05, 4.69) is 14.9 Å². The normalized spacial score (nSPS) is 19.3. The van der Waals surface area contributed by atoms with Gasteiger partial charge in [0.25, 0.3) is 0 Å². The first kappa shape index (κ1) is 12.1. The third-order valence-electron chi connectivity index (χ3n) is 3.21. The molecule has 1 fully saturated rings. The third-order valence-corrected chi connectivity index (χ3v) is 3.21. The van der Waals surface area contributed by atoms with Gasteiger partial charge in [0.15, 0.2) is 0 Å². The first-order chi connectivity index (χ1) is 8.20. The Morgan fingerprint density at radius 3 is 2.47 bits per heavy atom. The van der Waals surface area contributed by atoms with Gasteiger partial charge in [-0.05, 0) is 6.92 Å². The SMILES string of the molecule is Cc1ncc(C(CN)N2CCC(=O)CC2)cn1. The highest BCUT2D eigenvalue weighted by atomic mass is 16.1. The average Bonchev–Trinajstić information content (AvgIpc) is 2.35. The summed E-state index contributed by atoms with van der Waals surface area (Å²) < 4.78 is 0. The van der Waals surface area contributed by atoms with Crippen molar-refractivity contribution in [1.82, 2.24) is 14.9 Å². The minimum atomic E-state index is 0.128. The molecule has 0 radical (unpaired) electrons. The van der Waals surface area contributed by atoms with Crippen LogP contribution in [0.25, 0.3) is 0 Å². The second-order valence-corrected chi connectivity index (χ2v) is 4.39. The quantitative estimate of drug-likeness (QED) is 0.822. The van der Waals surface area contributed by atoms with Crippen LogP contribution < -0.4 is 5.73 Å². The maximum atomic E-state index is 11.2. The number of aryl methyl sites for hydroxylation is 1. The number of aromatic nitrogens is 2. The highest BCUT2D eigenvalue weighted by Gasteiger charge is 2.24. The van der Waals surface area contributed by atoms with Crippen LogP contribution in [-0.2, 0) is 4.79 Å². The van der Waals surface area contributed by atoms with Crippen LogP contribution in [0.3, 0.4) is 0 Å². The molecule has 92 valence electrons. The number of hydrogen-bond acceptors (Lipinski definition) is 5. The molecule has 17 heavy (non-hydrogen) atoms. The molecule has 5 nitrogen and oxygen atoms in total. The molecule has 5 heteroatoms. The van der Waals surface area contributed by atoms with E-state index in [1.165, 1.54) is 0 Å². The molecule has 1 saturated heterocycles. The first-order valence-corrected chi connectivity index (χ1v) is 5.95. The molecule has 0 aliphatic carbocycles. The smallest absolute Gasteiger partial charge is 0.135 e. The van der Waals surface area contributed by atoms with Gasteiger partial charge in [0.1, 0.15) is 11.6 Å². The van der Waals surface area contributed by atoms with E-state index in [4.69, 9.17) is 5.73 Å². The van der Waals surface area contributed by atoms with E-state index in [-0.39, 0.29) is 6.04 Å². The molecule has 1 aliphatic heterocycles. The van der Waals surface area contributed by atoms with Crippen molar-refractivity contribution in [2.45, 2.75) is 25.8 Å². The fraction of sp³-hybridized carbons (Fsp3) is 0.583. The van der Waals surface area contributed by atoms with Crippen LogP contribution in [0.5, 0.6) is 0 Å². The fourth-order valence-corrected chi connectivity index (χ4v) is 2.16. The number of ketones is 1. The van der Waals surface area contributed by atoms with Crippen LogP contribution >= 0.6 is 0 Å². The zero-order chi connectivity index (χ0) is 12.3. The highest BCUT2D eigenvalue weighted by molar-refractivity contribution is 5.79. The van der Waals surface area contributed by atoms with E-state index in [9.17, 15) is 4.79 Å². The summed E-state index contributed by atoms with van der Waals surface area (Å²) in [5.74, 6) is 1.11. The molecule has 0 amide bonds. The van der Waals surface area contributed by atoms with Crippen LogP contribution in [0.4, 0.5) is 0 Å². The number of hydrogen-bond donors (Lipinski definition) is 1. The molecule has 0 aromatic carbocycles. The number of rotatable bonds is 3. The van der Waals surface area contributed by atoms with Gasteiger partial charge < -0.3 is 5.73 Å². The van der Waals surface area contributed by atoms with Gasteiger partial charge in [-0.25, -0.2) is 9.97 Å². The summed E-state index contributed by atoms with van der Waals surface area (Å²) in [6, 6.07) is 0.128. The van der Waals surface area contributed by atoms with Gasteiger partial charge in [0.05, 0.1) is 6.04 Å². The lowest BCUT2D eigenvalue weighted by Gasteiger charge is -2.33. The predicted octanol–water partition coefficient (Wildman–Crippen LogP) is 0.450. The molecule has 2 rings (SSSR count). The largest absolute Gasteiger partial charge is 0.329 e. The number of likely N-dealkylation sites (tertiary alicyclic amines) is 1. The van der Waals surface area contributed by atoms with Gasteiger partial charge >= 0.3 is 0 Å². The highest BCUT2D eigenvalue weighted by Crippen LogP contribution is 2.21. The van der Waals surface area contributed by atoms with Gasteiger partial charge in [-0.15, -0.1) is 0 Å². The number of piperidine rings is 1.